The van der Waals surface area contributed by atoms with Gasteiger partial charge in [0.25, 0.3) is 0 Å². The van der Waals surface area contributed by atoms with E-state index in [0.29, 0.717) is 0 Å². The van der Waals surface area contributed by atoms with Gasteiger partial charge in [-0.2, -0.15) is 0 Å². The summed E-state index contributed by atoms with van der Waals surface area (Å²) < 4.78 is 5.63. The number of hydrogen-bond donors (Lipinski definition) is 1. The number of rotatable bonds is 6. The Morgan fingerprint density at radius 2 is 2.18 bits per heavy atom. The maximum Gasteiger partial charge on any atom is 0.0641 e. The van der Waals surface area contributed by atoms with Crippen LogP contribution in [0.5, 0.6) is 0 Å². The van der Waals surface area contributed by atoms with Crippen LogP contribution in [0, 0.1) is 0 Å². The van der Waals surface area contributed by atoms with Crippen LogP contribution in [0.25, 0.3) is 0 Å². The molecule has 0 atom stereocenters. The van der Waals surface area contributed by atoms with Crippen molar-refractivity contribution < 1.29 is 4.74 Å². The van der Waals surface area contributed by atoms with Crippen LogP contribution in [0.1, 0.15) is 19.8 Å². The van der Waals surface area contributed by atoms with Gasteiger partial charge in [-0.1, -0.05) is 25.5 Å². The molecule has 17 heavy (non-hydrogen) atoms. The minimum atomic E-state index is 0.828. The Morgan fingerprint density at radius 3 is 3.06 bits per heavy atom. The zero-order valence-corrected chi connectivity index (χ0v) is 10.6. The van der Waals surface area contributed by atoms with Crippen LogP contribution in [0.15, 0.2) is 24.3 Å². The average molecular weight is 234 g/mol. The normalized spacial score (nSPS) is 14.3. The van der Waals surface area contributed by atoms with Gasteiger partial charge in [0.15, 0.2) is 0 Å². The van der Waals surface area contributed by atoms with E-state index >= 15 is 0 Å². The molecular weight excluding hydrogens is 212 g/mol. The smallest absolute Gasteiger partial charge is 0.0641 e. The lowest BCUT2D eigenvalue weighted by Crippen LogP contribution is -2.36. The molecular formula is C14H22N2O. The average Bonchev–Trinajstić information content (AvgIpc) is 2.39. The molecule has 1 aromatic carbocycles. The van der Waals surface area contributed by atoms with Crippen LogP contribution in [0.2, 0.25) is 0 Å². The van der Waals surface area contributed by atoms with Gasteiger partial charge in [0.1, 0.15) is 0 Å². The lowest BCUT2D eigenvalue weighted by Gasteiger charge is -2.31. The Kier molecular flexibility index (Phi) is 4.68. The van der Waals surface area contributed by atoms with Crippen LogP contribution in [0.3, 0.4) is 0 Å². The van der Waals surface area contributed by atoms with Crippen LogP contribution < -0.4 is 10.2 Å². The Balaban J connectivity index is 1.82. The van der Waals surface area contributed by atoms with E-state index < -0.39 is 0 Å². The predicted octanol–water partition coefficient (Wildman–Crippen LogP) is 2.74. The van der Waals surface area contributed by atoms with Crippen molar-refractivity contribution in [1.29, 1.82) is 0 Å². The third-order valence-electron chi connectivity index (χ3n) is 3.09. The molecule has 0 amide bonds. The van der Waals surface area contributed by atoms with Crippen molar-refractivity contribution in [2.75, 3.05) is 43.1 Å². The molecule has 0 aromatic heterocycles. The largest absolute Gasteiger partial charge is 0.382 e. The fourth-order valence-corrected chi connectivity index (χ4v) is 2.10. The number of hydrogen-bond acceptors (Lipinski definition) is 3. The predicted molar refractivity (Wildman–Crippen MR) is 72.9 cm³/mol. The minimum absolute atomic E-state index is 0.828. The quantitative estimate of drug-likeness (QED) is 0.766. The number of fused-ring (bicyclic) bond motifs is 1. The molecule has 0 saturated heterocycles. The summed E-state index contributed by atoms with van der Waals surface area (Å²) in [6.45, 7) is 6.98. The van der Waals surface area contributed by atoms with Gasteiger partial charge in [-0.05, 0) is 18.6 Å². The maximum absolute atomic E-state index is 5.63. The van der Waals surface area contributed by atoms with Gasteiger partial charge in [-0.25, -0.2) is 0 Å². The van der Waals surface area contributed by atoms with Gasteiger partial charge in [0, 0.05) is 26.2 Å². The molecule has 1 aliphatic heterocycles. The van der Waals surface area contributed by atoms with Crippen LogP contribution in [-0.4, -0.2) is 32.8 Å². The topological polar surface area (TPSA) is 24.5 Å². The molecule has 0 unspecified atom stereocenters. The zero-order valence-electron chi connectivity index (χ0n) is 10.6. The van der Waals surface area contributed by atoms with E-state index in [1.54, 1.807) is 0 Å². The lowest BCUT2D eigenvalue weighted by atomic mass is 10.2. The summed E-state index contributed by atoms with van der Waals surface area (Å²) in [6.07, 6.45) is 2.37. The third-order valence-corrected chi connectivity index (χ3v) is 3.09. The molecule has 0 aliphatic carbocycles. The van der Waals surface area contributed by atoms with Crippen molar-refractivity contribution >= 4 is 11.4 Å². The number of nitrogens with zero attached hydrogens (tertiary/aromatic N) is 1. The van der Waals surface area contributed by atoms with E-state index in [1.807, 2.05) is 0 Å². The number of nitrogens with one attached hydrogen (secondary N) is 1. The highest BCUT2D eigenvalue weighted by Gasteiger charge is 2.14. The first kappa shape index (κ1) is 12.2. The van der Waals surface area contributed by atoms with E-state index in [4.69, 9.17) is 4.74 Å². The Hall–Kier alpha value is -1.22. The summed E-state index contributed by atoms with van der Waals surface area (Å²) in [5, 5.41) is 3.42. The number of para-hydroxylation sites is 2. The Morgan fingerprint density at radius 1 is 1.29 bits per heavy atom. The van der Waals surface area contributed by atoms with Gasteiger partial charge in [-0.15, -0.1) is 0 Å². The van der Waals surface area contributed by atoms with Gasteiger partial charge in [0.05, 0.1) is 18.0 Å². The number of anilines is 2. The van der Waals surface area contributed by atoms with Crippen LogP contribution in [-0.2, 0) is 4.74 Å². The van der Waals surface area contributed by atoms with E-state index in [1.165, 1.54) is 17.8 Å². The summed E-state index contributed by atoms with van der Waals surface area (Å²) in [4.78, 5) is 2.40. The number of unbranched alkanes of at least 4 members (excludes halogenated alkanes) is 1. The molecule has 0 saturated carbocycles. The molecule has 0 spiro atoms. The second-order valence-corrected chi connectivity index (χ2v) is 4.40. The van der Waals surface area contributed by atoms with E-state index in [0.717, 1.165) is 39.3 Å². The number of benzene rings is 1. The van der Waals surface area contributed by atoms with Gasteiger partial charge in [-0.3, -0.25) is 0 Å². The highest BCUT2D eigenvalue weighted by atomic mass is 16.5. The molecule has 3 heteroatoms. The van der Waals surface area contributed by atoms with E-state index in [-0.39, 0.29) is 0 Å². The molecule has 0 radical (unpaired) electrons. The first-order valence-corrected chi connectivity index (χ1v) is 6.57. The molecule has 94 valence electrons. The highest BCUT2D eigenvalue weighted by Crippen LogP contribution is 2.27. The van der Waals surface area contributed by atoms with Crippen LogP contribution >= 0.6 is 0 Å². The third kappa shape index (κ3) is 3.37. The molecule has 1 heterocycles. The Bertz CT molecular complexity index is 341. The maximum atomic E-state index is 5.63. The summed E-state index contributed by atoms with van der Waals surface area (Å²) in [5.41, 5.74) is 2.55. The van der Waals surface area contributed by atoms with Gasteiger partial charge >= 0.3 is 0 Å². The lowest BCUT2D eigenvalue weighted by molar-refractivity contribution is 0.137. The molecule has 1 N–H and O–H groups in total. The molecule has 3 nitrogen and oxygen atoms in total. The minimum Gasteiger partial charge on any atom is -0.382 e. The van der Waals surface area contributed by atoms with Crippen molar-refractivity contribution in [2.24, 2.45) is 0 Å². The standard InChI is InChI=1S/C14H22N2O/c1-2-3-11-17-12-10-16-9-8-15-13-6-4-5-7-14(13)16/h4-7,15H,2-3,8-12H2,1H3. The SMILES string of the molecule is CCCCOCCN1CCNc2ccccc21. The summed E-state index contributed by atoms with van der Waals surface area (Å²) >= 11 is 0. The van der Waals surface area contributed by atoms with Crippen molar-refractivity contribution in [3.05, 3.63) is 24.3 Å². The fourth-order valence-electron chi connectivity index (χ4n) is 2.10. The van der Waals surface area contributed by atoms with Gasteiger partial charge < -0.3 is 15.0 Å². The first-order valence-electron chi connectivity index (χ1n) is 6.57. The first-order chi connectivity index (χ1) is 8.42. The molecule has 0 bridgehead atoms. The summed E-state index contributed by atoms with van der Waals surface area (Å²) in [7, 11) is 0. The van der Waals surface area contributed by atoms with Crippen molar-refractivity contribution in [3.63, 3.8) is 0 Å². The number of ether oxygens (including phenoxy) is 1. The van der Waals surface area contributed by atoms with E-state index in [2.05, 4.69) is 41.4 Å². The van der Waals surface area contributed by atoms with E-state index in [9.17, 15) is 0 Å². The second-order valence-electron chi connectivity index (χ2n) is 4.40. The molecule has 2 rings (SSSR count). The molecule has 1 aliphatic rings. The van der Waals surface area contributed by atoms with Crippen molar-refractivity contribution in [1.82, 2.24) is 0 Å². The highest BCUT2D eigenvalue weighted by molar-refractivity contribution is 5.71. The summed E-state index contributed by atoms with van der Waals surface area (Å²) in [6, 6.07) is 8.48. The molecule has 1 aromatic rings. The monoisotopic (exact) mass is 234 g/mol. The van der Waals surface area contributed by atoms with Crippen molar-refractivity contribution in [2.45, 2.75) is 19.8 Å². The zero-order chi connectivity index (χ0) is 11.9. The van der Waals surface area contributed by atoms with Gasteiger partial charge in [0.2, 0.25) is 0 Å². The second kappa shape index (κ2) is 6.50. The van der Waals surface area contributed by atoms with Crippen LogP contribution in [0.4, 0.5) is 11.4 Å². The molecule has 0 fully saturated rings. The Labute approximate surface area is 104 Å². The summed E-state index contributed by atoms with van der Waals surface area (Å²) in [5.74, 6) is 0. The fraction of sp³-hybridized carbons (Fsp3) is 0.571. The van der Waals surface area contributed by atoms with Crippen molar-refractivity contribution in [3.8, 4) is 0 Å².